The minimum absolute atomic E-state index is 0. The van der Waals surface area contributed by atoms with Crippen LogP contribution in [0.5, 0.6) is 0 Å². The highest BCUT2D eigenvalue weighted by molar-refractivity contribution is 6.30. The summed E-state index contributed by atoms with van der Waals surface area (Å²) >= 11 is 6.01. The Morgan fingerprint density at radius 3 is 2.80 bits per heavy atom. The standard InChI is InChI=1S/C15H21ClN2O.ClH/c1-15(2,12-6-3-7-13(16)9-12)18-14(19)11-5-4-8-17-10-11;/h3,6-7,9,11,17H,4-5,8,10H2,1-2H3,(H,18,19);1H. The van der Waals surface area contributed by atoms with E-state index < -0.39 is 5.54 Å². The molecular weight excluding hydrogens is 295 g/mol. The average molecular weight is 317 g/mol. The van der Waals surface area contributed by atoms with Gasteiger partial charge in [-0.3, -0.25) is 4.79 Å². The van der Waals surface area contributed by atoms with Gasteiger partial charge in [0.15, 0.2) is 0 Å². The van der Waals surface area contributed by atoms with Crippen molar-refractivity contribution in [3.05, 3.63) is 34.9 Å². The van der Waals surface area contributed by atoms with Crippen molar-refractivity contribution in [2.75, 3.05) is 13.1 Å². The summed E-state index contributed by atoms with van der Waals surface area (Å²) in [6.07, 6.45) is 2.03. The quantitative estimate of drug-likeness (QED) is 0.899. The Morgan fingerprint density at radius 2 is 2.20 bits per heavy atom. The van der Waals surface area contributed by atoms with Gasteiger partial charge in [-0.05, 0) is 50.9 Å². The second-order valence-corrected chi connectivity index (χ2v) is 6.10. The summed E-state index contributed by atoms with van der Waals surface area (Å²) in [4.78, 5) is 12.3. The third-order valence-electron chi connectivity index (χ3n) is 3.65. The molecule has 1 aromatic rings. The van der Waals surface area contributed by atoms with E-state index in [0.29, 0.717) is 5.02 Å². The lowest BCUT2D eigenvalue weighted by molar-refractivity contribution is -0.127. The number of halogens is 2. The summed E-state index contributed by atoms with van der Waals surface area (Å²) in [6.45, 7) is 5.80. The molecular formula is C15H22Cl2N2O. The average Bonchev–Trinajstić information content (AvgIpc) is 2.39. The minimum atomic E-state index is -0.403. The molecule has 1 saturated heterocycles. The Bertz CT molecular complexity index is 457. The topological polar surface area (TPSA) is 41.1 Å². The maximum absolute atomic E-state index is 12.3. The van der Waals surface area contributed by atoms with E-state index in [4.69, 9.17) is 11.6 Å². The summed E-state index contributed by atoms with van der Waals surface area (Å²) in [7, 11) is 0. The van der Waals surface area contributed by atoms with Gasteiger partial charge >= 0.3 is 0 Å². The van der Waals surface area contributed by atoms with E-state index in [9.17, 15) is 4.79 Å². The van der Waals surface area contributed by atoms with Crippen molar-refractivity contribution in [2.24, 2.45) is 5.92 Å². The van der Waals surface area contributed by atoms with Crippen molar-refractivity contribution in [2.45, 2.75) is 32.2 Å². The second-order valence-electron chi connectivity index (χ2n) is 5.67. The van der Waals surface area contributed by atoms with Crippen LogP contribution in [0, 0.1) is 5.92 Å². The van der Waals surface area contributed by atoms with Gasteiger partial charge in [-0.15, -0.1) is 12.4 Å². The number of amides is 1. The van der Waals surface area contributed by atoms with Gasteiger partial charge in [-0.1, -0.05) is 23.7 Å². The van der Waals surface area contributed by atoms with Crippen LogP contribution in [0.15, 0.2) is 24.3 Å². The van der Waals surface area contributed by atoms with Gasteiger partial charge < -0.3 is 10.6 Å². The molecule has 0 bridgehead atoms. The molecule has 20 heavy (non-hydrogen) atoms. The smallest absolute Gasteiger partial charge is 0.225 e. The van der Waals surface area contributed by atoms with Gasteiger partial charge in [-0.2, -0.15) is 0 Å². The SMILES string of the molecule is CC(C)(NC(=O)C1CCCNC1)c1cccc(Cl)c1.Cl. The van der Waals surface area contributed by atoms with Crippen molar-refractivity contribution in [1.29, 1.82) is 0 Å². The first-order chi connectivity index (χ1) is 8.99. The Kier molecular flexibility index (Phi) is 6.31. The van der Waals surface area contributed by atoms with Gasteiger partial charge in [0.05, 0.1) is 11.5 Å². The van der Waals surface area contributed by atoms with Gasteiger partial charge in [0.25, 0.3) is 0 Å². The Hall–Kier alpha value is -0.770. The molecule has 1 fully saturated rings. The minimum Gasteiger partial charge on any atom is -0.347 e. The largest absolute Gasteiger partial charge is 0.347 e. The van der Waals surface area contributed by atoms with E-state index in [1.807, 2.05) is 38.1 Å². The van der Waals surface area contributed by atoms with E-state index in [1.165, 1.54) is 0 Å². The number of piperidine rings is 1. The Labute approximate surface area is 131 Å². The number of hydrogen-bond acceptors (Lipinski definition) is 2. The fourth-order valence-electron chi connectivity index (χ4n) is 2.44. The van der Waals surface area contributed by atoms with E-state index in [0.717, 1.165) is 31.5 Å². The molecule has 1 aliphatic heterocycles. The monoisotopic (exact) mass is 316 g/mol. The lowest BCUT2D eigenvalue weighted by Gasteiger charge is -2.31. The molecule has 0 aliphatic carbocycles. The van der Waals surface area contributed by atoms with E-state index in [-0.39, 0.29) is 24.2 Å². The van der Waals surface area contributed by atoms with Gasteiger partial charge in [0.1, 0.15) is 0 Å². The van der Waals surface area contributed by atoms with Crippen molar-refractivity contribution >= 4 is 29.9 Å². The molecule has 3 nitrogen and oxygen atoms in total. The summed E-state index contributed by atoms with van der Waals surface area (Å²) in [5, 5.41) is 7.09. The maximum Gasteiger partial charge on any atom is 0.225 e. The molecule has 0 aromatic heterocycles. The molecule has 2 N–H and O–H groups in total. The van der Waals surface area contributed by atoms with Gasteiger partial charge in [0, 0.05) is 11.6 Å². The summed E-state index contributed by atoms with van der Waals surface area (Å²) in [5.74, 6) is 0.199. The molecule has 1 unspecified atom stereocenters. The van der Waals surface area contributed by atoms with Crippen molar-refractivity contribution < 1.29 is 4.79 Å². The second kappa shape index (κ2) is 7.30. The van der Waals surface area contributed by atoms with Gasteiger partial charge in [-0.25, -0.2) is 0 Å². The number of carbonyl (C=O) groups excluding carboxylic acids is 1. The lowest BCUT2D eigenvalue weighted by Crippen LogP contribution is -2.47. The molecule has 0 radical (unpaired) electrons. The van der Waals surface area contributed by atoms with Crippen molar-refractivity contribution in [3.63, 3.8) is 0 Å². The van der Waals surface area contributed by atoms with E-state index in [2.05, 4.69) is 10.6 Å². The third-order valence-corrected chi connectivity index (χ3v) is 3.88. The third kappa shape index (κ3) is 4.37. The summed E-state index contributed by atoms with van der Waals surface area (Å²) in [6, 6.07) is 7.65. The van der Waals surface area contributed by atoms with Crippen LogP contribution in [0.1, 0.15) is 32.3 Å². The Balaban J connectivity index is 0.00000200. The van der Waals surface area contributed by atoms with Crippen LogP contribution in [0.3, 0.4) is 0 Å². The highest BCUT2D eigenvalue weighted by atomic mass is 35.5. The van der Waals surface area contributed by atoms with Crippen LogP contribution < -0.4 is 10.6 Å². The van der Waals surface area contributed by atoms with E-state index >= 15 is 0 Å². The van der Waals surface area contributed by atoms with Gasteiger partial charge in [0.2, 0.25) is 5.91 Å². The highest BCUT2D eigenvalue weighted by Gasteiger charge is 2.28. The first-order valence-electron chi connectivity index (χ1n) is 6.78. The molecule has 112 valence electrons. The molecule has 2 rings (SSSR count). The highest BCUT2D eigenvalue weighted by Crippen LogP contribution is 2.24. The number of nitrogens with one attached hydrogen (secondary N) is 2. The van der Waals surface area contributed by atoms with Crippen LogP contribution in [-0.4, -0.2) is 19.0 Å². The van der Waals surface area contributed by atoms with Crippen LogP contribution in [-0.2, 0) is 10.3 Å². The summed E-state index contributed by atoms with van der Waals surface area (Å²) < 4.78 is 0. The first-order valence-corrected chi connectivity index (χ1v) is 7.15. The molecule has 0 saturated carbocycles. The van der Waals surface area contributed by atoms with Crippen LogP contribution in [0.25, 0.3) is 0 Å². The van der Waals surface area contributed by atoms with Crippen molar-refractivity contribution in [1.82, 2.24) is 10.6 Å². The van der Waals surface area contributed by atoms with Crippen molar-refractivity contribution in [3.8, 4) is 0 Å². The fourth-order valence-corrected chi connectivity index (χ4v) is 2.63. The molecule has 1 amide bonds. The van der Waals surface area contributed by atoms with Crippen LogP contribution in [0.2, 0.25) is 5.02 Å². The molecule has 0 spiro atoms. The molecule has 1 heterocycles. The lowest BCUT2D eigenvalue weighted by atomic mass is 9.92. The molecule has 5 heteroatoms. The number of carbonyl (C=O) groups is 1. The summed E-state index contributed by atoms with van der Waals surface area (Å²) in [5.41, 5.74) is 0.622. The van der Waals surface area contributed by atoms with Crippen LogP contribution >= 0.6 is 24.0 Å². The number of benzene rings is 1. The Morgan fingerprint density at radius 1 is 1.45 bits per heavy atom. The molecule has 1 atom stereocenters. The predicted molar refractivity (Wildman–Crippen MR) is 85.5 cm³/mol. The first kappa shape index (κ1) is 17.3. The maximum atomic E-state index is 12.3. The number of rotatable bonds is 3. The number of hydrogen-bond donors (Lipinski definition) is 2. The van der Waals surface area contributed by atoms with Crippen LogP contribution in [0.4, 0.5) is 0 Å². The van der Waals surface area contributed by atoms with E-state index in [1.54, 1.807) is 0 Å². The molecule has 1 aliphatic rings. The zero-order valence-corrected chi connectivity index (χ0v) is 13.5. The normalized spacial score (nSPS) is 19.1. The predicted octanol–water partition coefficient (Wildman–Crippen LogP) is 3.11. The molecule has 1 aromatic carbocycles. The fraction of sp³-hybridized carbons (Fsp3) is 0.533. The zero-order chi connectivity index (χ0) is 13.9. The zero-order valence-electron chi connectivity index (χ0n) is 11.9.